The largest absolute Gasteiger partial charge is 0.497 e. The van der Waals surface area contributed by atoms with Gasteiger partial charge < -0.3 is 9.30 Å². The highest BCUT2D eigenvalue weighted by molar-refractivity contribution is 6.67. The predicted molar refractivity (Wildman–Crippen MR) is 83.3 cm³/mol. The molecule has 0 aliphatic heterocycles. The van der Waals surface area contributed by atoms with Crippen molar-refractivity contribution < 1.29 is 9.53 Å². The molecule has 1 aromatic carbocycles. The van der Waals surface area contributed by atoms with Gasteiger partial charge in [0.1, 0.15) is 5.75 Å². The van der Waals surface area contributed by atoms with Gasteiger partial charge in [-0.05, 0) is 49.7 Å². The first-order chi connectivity index (χ1) is 9.95. The summed E-state index contributed by atoms with van der Waals surface area (Å²) in [6, 6.07) is 10.5. The summed E-state index contributed by atoms with van der Waals surface area (Å²) in [6.45, 7) is 3.76. The van der Waals surface area contributed by atoms with Gasteiger partial charge in [-0.25, -0.2) is 0 Å². The summed E-state index contributed by atoms with van der Waals surface area (Å²) in [5.41, 5.74) is 1.16. The van der Waals surface area contributed by atoms with E-state index in [2.05, 4.69) is 0 Å². The fraction of sp³-hybridized carbons (Fsp3) is 0.250. The minimum absolute atomic E-state index is 0.0167. The molecule has 0 amide bonds. The van der Waals surface area contributed by atoms with Crippen LogP contribution < -0.4 is 10.3 Å². The van der Waals surface area contributed by atoms with E-state index in [1.54, 1.807) is 17.7 Å². The second-order valence-corrected chi connectivity index (χ2v) is 5.25. The maximum absolute atomic E-state index is 12.4. The standard InChI is InChI=1S/C16H16ClNO3/c1-10(2)18-14(8-7-13(15(17)19)16(18)20)11-5-4-6-12(9-11)21-3/h4-10H,1-3H3. The average Bonchev–Trinajstić information content (AvgIpc) is 2.46. The number of halogens is 1. The van der Waals surface area contributed by atoms with Gasteiger partial charge in [-0.15, -0.1) is 0 Å². The number of methoxy groups -OCH3 is 1. The van der Waals surface area contributed by atoms with Crippen molar-refractivity contribution in [3.05, 3.63) is 52.3 Å². The molecule has 0 aliphatic carbocycles. The molecule has 0 saturated heterocycles. The zero-order valence-corrected chi connectivity index (χ0v) is 12.8. The van der Waals surface area contributed by atoms with Crippen LogP contribution in [0.3, 0.4) is 0 Å². The van der Waals surface area contributed by atoms with Crippen LogP contribution in [-0.2, 0) is 0 Å². The van der Waals surface area contributed by atoms with Gasteiger partial charge in [0.2, 0.25) is 0 Å². The van der Waals surface area contributed by atoms with Gasteiger partial charge >= 0.3 is 0 Å². The van der Waals surface area contributed by atoms with E-state index in [0.717, 1.165) is 11.3 Å². The Morgan fingerprint density at radius 2 is 1.95 bits per heavy atom. The number of carbonyl (C=O) groups is 1. The van der Waals surface area contributed by atoms with Crippen molar-refractivity contribution in [2.45, 2.75) is 19.9 Å². The van der Waals surface area contributed by atoms with Crippen LogP contribution in [0.2, 0.25) is 0 Å². The minimum Gasteiger partial charge on any atom is -0.497 e. The first-order valence-corrected chi connectivity index (χ1v) is 6.93. The molecule has 0 aliphatic rings. The molecule has 2 aromatic rings. The lowest BCUT2D eigenvalue weighted by Crippen LogP contribution is -2.27. The fourth-order valence-electron chi connectivity index (χ4n) is 2.23. The van der Waals surface area contributed by atoms with E-state index in [1.807, 2.05) is 38.1 Å². The van der Waals surface area contributed by atoms with Crippen LogP contribution in [-0.4, -0.2) is 16.9 Å². The van der Waals surface area contributed by atoms with Crippen molar-refractivity contribution in [2.24, 2.45) is 0 Å². The lowest BCUT2D eigenvalue weighted by Gasteiger charge is -2.17. The topological polar surface area (TPSA) is 48.3 Å². The number of hydrogen-bond acceptors (Lipinski definition) is 3. The molecule has 5 heteroatoms. The zero-order valence-electron chi connectivity index (χ0n) is 12.1. The summed E-state index contributed by atoms with van der Waals surface area (Å²) in [5, 5.41) is -0.744. The Kier molecular flexibility index (Phi) is 4.48. The Labute approximate surface area is 127 Å². The predicted octanol–water partition coefficient (Wildman–Crippen LogP) is 3.48. The summed E-state index contributed by atoms with van der Waals surface area (Å²) >= 11 is 5.46. The molecule has 21 heavy (non-hydrogen) atoms. The van der Waals surface area contributed by atoms with Crippen molar-refractivity contribution in [3.63, 3.8) is 0 Å². The number of ether oxygens (including phenoxy) is 1. The van der Waals surface area contributed by atoms with E-state index in [0.29, 0.717) is 5.75 Å². The Morgan fingerprint density at radius 3 is 2.52 bits per heavy atom. The number of hydrogen-bond donors (Lipinski definition) is 0. The molecular weight excluding hydrogens is 290 g/mol. The van der Waals surface area contributed by atoms with Crippen LogP contribution in [0.25, 0.3) is 11.3 Å². The van der Waals surface area contributed by atoms with E-state index in [1.165, 1.54) is 6.07 Å². The minimum atomic E-state index is -0.744. The van der Waals surface area contributed by atoms with Gasteiger partial charge in [0.15, 0.2) is 0 Å². The van der Waals surface area contributed by atoms with Crippen molar-refractivity contribution in [3.8, 4) is 17.0 Å². The second kappa shape index (κ2) is 6.14. The first-order valence-electron chi connectivity index (χ1n) is 6.55. The number of rotatable bonds is 4. The Hall–Kier alpha value is -2.07. The molecule has 4 nitrogen and oxygen atoms in total. The van der Waals surface area contributed by atoms with Crippen LogP contribution in [0.4, 0.5) is 0 Å². The maximum atomic E-state index is 12.4. The highest BCUT2D eigenvalue weighted by Crippen LogP contribution is 2.25. The third kappa shape index (κ3) is 3.00. The highest BCUT2D eigenvalue weighted by atomic mass is 35.5. The number of carbonyl (C=O) groups excluding carboxylic acids is 1. The summed E-state index contributed by atoms with van der Waals surface area (Å²) in [6.07, 6.45) is 0. The summed E-state index contributed by atoms with van der Waals surface area (Å²) in [5.74, 6) is 0.702. The molecule has 0 atom stereocenters. The lowest BCUT2D eigenvalue weighted by molar-refractivity contribution is 0.107. The molecule has 0 fully saturated rings. The van der Waals surface area contributed by atoms with Crippen LogP contribution in [0.15, 0.2) is 41.2 Å². The van der Waals surface area contributed by atoms with E-state index < -0.39 is 5.24 Å². The second-order valence-electron chi connectivity index (χ2n) is 4.91. The van der Waals surface area contributed by atoms with Crippen molar-refractivity contribution in [1.82, 2.24) is 4.57 Å². The van der Waals surface area contributed by atoms with Gasteiger partial charge in [-0.3, -0.25) is 9.59 Å². The Balaban J connectivity index is 2.71. The fourth-order valence-corrected chi connectivity index (χ4v) is 2.38. The van der Waals surface area contributed by atoms with Gasteiger partial charge in [-0.1, -0.05) is 12.1 Å². The number of aromatic nitrogens is 1. The average molecular weight is 306 g/mol. The van der Waals surface area contributed by atoms with Crippen molar-refractivity contribution in [1.29, 1.82) is 0 Å². The Bertz CT molecular complexity index is 735. The monoisotopic (exact) mass is 305 g/mol. The SMILES string of the molecule is COc1cccc(-c2ccc(C(=O)Cl)c(=O)n2C(C)C)c1. The summed E-state index contributed by atoms with van der Waals surface area (Å²) in [7, 11) is 1.59. The number of benzene rings is 1. The van der Waals surface area contributed by atoms with Crippen molar-refractivity contribution in [2.75, 3.05) is 7.11 Å². The molecule has 0 unspecified atom stereocenters. The summed E-state index contributed by atoms with van der Waals surface area (Å²) in [4.78, 5) is 23.7. The Morgan fingerprint density at radius 1 is 1.24 bits per heavy atom. The molecular formula is C16H16ClNO3. The van der Waals surface area contributed by atoms with Crippen LogP contribution in [0.1, 0.15) is 30.2 Å². The van der Waals surface area contributed by atoms with E-state index in [9.17, 15) is 9.59 Å². The molecule has 1 heterocycles. The van der Waals surface area contributed by atoms with Crippen LogP contribution >= 0.6 is 11.6 Å². The van der Waals surface area contributed by atoms with E-state index in [-0.39, 0.29) is 17.2 Å². The lowest BCUT2D eigenvalue weighted by atomic mass is 10.1. The molecule has 1 aromatic heterocycles. The van der Waals surface area contributed by atoms with E-state index >= 15 is 0 Å². The molecule has 2 rings (SSSR count). The number of pyridine rings is 1. The van der Waals surface area contributed by atoms with Crippen molar-refractivity contribution >= 4 is 16.8 Å². The number of nitrogens with zero attached hydrogens (tertiary/aromatic N) is 1. The maximum Gasteiger partial charge on any atom is 0.263 e. The van der Waals surface area contributed by atoms with Gasteiger partial charge in [-0.2, -0.15) is 0 Å². The molecule has 0 saturated carbocycles. The van der Waals surface area contributed by atoms with Crippen LogP contribution in [0.5, 0.6) is 5.75 Å². The molecule has 0 radical (unpaired) electrons. The first kappa shape index (κ1) is 15.3. The van der Waals surface area contributed by atoms with Crippen LogP contribution in [0, 0.1) is 0 Å². The van der Waals surface area contributed by atoms with Gasteiger partial charge in [0.05, 0.1) is 18.4 Å². The molecule has 110 valence electrons. The molecule has 0 N–H and O–H groups in total. The molecule has 0 spiro atoms. The summed E-state index contributed by atoms with van der Waals surface area (Å²) < 4.78 is 6.77. The van der Waals surface area contributed by atoms with Gasteiger partial charge in [0.25, 0.3) is 10.8 Å². The van der Waals surface area contributed by atoms with Gasteiger partial charge in [0, 0.05) is 11.6 Å². The quantitative estimate of drug-likeness (QED) is 0.812. The normalized spacial score (nSPS) is 10.7. The smallest absolute Gasteiger partial charge is 0.263 e. The third-order valence-electron chi connectivity index (χ3n) is 3.21. The highest BCUT2D eigenvalue weighted by Gasteiger charge is 2.16. The molecule has 0 bridgehead atoms. The van der Waals surface area contributed by atoms with E-state index in [4.69, 9.17) is 16.3 Å². The zero-order chi connectivity index (χ0) is 15.6. The third-order valence-corrected chi connectivity index (χ3v) is 3.41.